The number of hydrogen-bond donors (Lipinski definition) is 0. The third-order valence-corrected chi connectivity index (χ3v) is 3.67. The molecule has 0 N–H and O–H groups in total. The van der Waals surface area contributed by atoms with Gasteiger partial charge in [0.1, 0.15) is 12.4 Å². The first-order chi connectivity index (χ1) is 8.16. The molecule has 0 atom stereocenters. The normalized spacial score (nSPS) is 10.3. The third-order valence-electron chi connectivity index (χ3n) is 2.43. The number of rotatable bonds is 3. The van der Waals surface area contributed by atoms with E-state index in [0.29, 0.717) is 6.61 Å². The first-order valence-electron chi connectivity index (χ1n) is 5.29. The maximum Gasteiger partial charge on any atom is 0.133 e. The van der Waals surface area contributed by atoms with Gasteiger partial charge < -0.3 is 4.74 Å². The first kappa shape index (κ1) is 12.7. The van der Waals surface area contributed by atoms with Crippen LogP contribution in [0.1, 0.15) is 11.1 Å². The predicted octanol–water partition coefficient (Wildman–Crippen LogP) is 4.83. The number of benzene rings is 2. The highest BCUT2D eigenvalue weighted by molar-refractivity contribution is 14.1. The van der Waals surface area contributed by atoms with Crippen LogP contribution in [0.15, 0.2) is 42.5 Å². The maximum absolute atomic E-state index is 6.15. The van der Waals surface area contributed by atoms with Gasteiger partial charge in [-0.1, -0.05) is 35.9 Å². The van der Waals surface area contributed by atoms with E-state index in [4.69, 9.17) is 16.3 Å². The average molecular weight is 359 g/mol. The van der Waals surface area contributed by atoms with Crippen molar-refractivity contribution in [2.24, 2.45) is 0 Å². The Labute approximate surface area is 120 Å². The summed E-state index contributed by atoms with van der Waals surface area (Å²) in [6, 6.07) is 13.9. The first-order valence-corrected chi connectivity index (χ1v) is 6.75. The molecule has 0 saturated heterocycles. The molecular formula is C14H12ClIO. The van der Waals surface area contributed by atoms with Crippen LogP contribution in [0.25, 0.3) is 0 Å². The summed E-state index contributed by atoms with van der Waals surface area (Å²) >= 11 is 8.41. The molecule has 2 aromatic carbocycles. The van der Waals surface area contributed by atoms with E-state index in [-0.39, 0.29) is 0 Å². The van der Waals surface area contributed by atoms with Crippen molar-refractivity contribution in [1.29, 1.82) is 0 Å². The van der Waals surface area contributed by atoms with Gasteiger partial charge in [-0.25, -0.2) is 0 Å². The van der Waals surface area contributed by atoms with Gasteiger partial charge in [0.25, 0.3) is 0 Å². The lowest BCUT2D eigenvalue weighted by Gasteiger charge is -2.09. The van der Waals surface area contributed by atoms with Crippen molar-refractivity contribution in [2.45, 2.75) is 13.5 Å². The quantitative estimate of drug-likeness (QED) is 0.714. The summed E-state index contributed by atoms with van der Waals surface area (Å²) in [5.74, 6) is 0.893. The van der Waals surface area contributed by atoms with Crippen molar-refractivity contribution in [2.75, 3.05) is 0 Å². The Bertz CT molecular complexity index is 525. The molecule has 0 aromatic heterocycles. The fourth-order valence-corrected chi connectivity index (χ4v) is 2.32. The zero-order valence-electron chi connectivity index (χ0n) is 9.41. The number of ether oxygens (including phenoxy) is 1. The highest BCUT2D eigenvalue weighted by Gasteiger charge is 2.03. The summed E-state index contributed by atoms with van der Waals surface area (Å²) in [7, 11) is 0. The molecular weight excluding hydrogens is 347 g/mol. The lowest BCUT2D eigenvalue weighted by molar-refractivity contribution is 0.304. The van der Waals surface area contributed by atoms with Crippen LogP contribution in [-0.4, -0.2) is 0 Å². The molecule has 0 spiro atoms. The largest absolute Gasteiger partial charge is 0.488 e. The molecule has 0 radical (unpaired) electrons. The van der Waals surface area contributed by atoms with Crippen LogP contribution < -0.4 is 4.74 Å². The Morgan fingerprint density at radius 3 is 2.65 bits per heavy atom. The molecule has 2 aromatic rings. The standard InChI is InChI=1S/C14H12ClIO/c1-10-6-7-11(12(15)8-10)9-17-14-5-3-2-4-13(14)16/h2-8H,9H2,1H3. The highest BCUT2D eigenvalue weighted by Crippen LogP contribution is 2.23. The molecule has 0 aliphatic carbocycles. The van der Waals surface area contributed by atoms with E-state index in [1.807, 2.05) is 49.4 Å². The minimum atomic E-state index is 0.499. The summed E-state index contributed by atoms with van der Waals surface area (Å²) < 4.78 is 6.86. The summed E-state index contributed by atoms with van der Waals surface area (Å²) in [6.45, 7) is 2.52. The van der Waals surface area contributed by atoms with E-state index >= 15 is 0 Å². The Morgan fingerprint density at radius 1 is 1.18 bits per heavy atom. The minimum Gasteiger partial charge on any atom is -0.488 e. The second-order valence-corrected chi connectivity index (χ2v) is 5.38. The molecule has 2 rings (SSSR count). The second-order valence-electron chi connectivity index (χ2n) is 3.81. The van der Waals surface area contributed by atoms with Crippen molar-refractivity contribution in [3.05, 3.63) is 62.2 Å². The summed E-state index contributed by atoms with van der Waals surface area (Å²) in [6.07, 6.45) is 0. The van der Waals surface area contributed by atoms with E-state index in [0.717, 1.165) is 25.5 Å². The highest BCUT2D eigenvalue weighted by atomic mass is 127. The number of aryl methyl sites for hydroxylation is 1. The molecule has 0 aliphatic rings. The smallest absolute Gasteiger partial charge is 0.133 e. The number of halogens is 2. The molecule has 88 valence electrons. The van der Waals surface area contributed by atoms with Gasteiger partial charge in [-0.3, -0.25) is 0 Å². The van der Waals surface area contributed by atoms with Gasteiger partial charge in [0.2, 0.25) is 0 Å². The molecule has 0 fully saturated rings. The lowest BCUT2D eigenvalue weighted by atomic mass is 10.2. The average Bonchev–Trinajstić information content (AvgIpc) is 2.30. The van der Waals surface area contributed by atoms with Gasteiger partial charge >= 0.3 is 0 Å². The molecule has 0 amide bonds. The Morgan fingerprint density at radius 2 is 1.94 bits per heavy atom. The van der Waals surface area contributed by atoms with Gasteiger partial charge in [0.05, 0.1) is 3.57 Å². The maximum atomic E-state index is 6.15. The van der Waals surface area contributed by atoms with Gasteiger partial charge in [0, 0.05) is 10.6 Å². The SMILES string of the molecule is Cc1ccc(COc2ccccc2I)c(Cl)c1. The third kappa shape index (κ3) is 3.36. The molecule has 0 bridgehead atoms. The van der Waals surface area contributed by atoms with Crippen LogP contribution in [0.4, 0.5) is 0 Å². The van der Waals surface area contributed by atoms with E-state index < -0.39 is 0 Å². The lowest BCUT2D eigenvalue weighted by Crippen LogP contribution is -1.97. The van der Waals surface area contributed by atoms with Crippen molar-refractivity contribution < 1.29 is 4.74 Å². The van der Waals surface area contributed by atoms with Crippen molar-refractivity contribution >= 4 is 34.2 Å². The second kappa shape index (κ2) is 5.74. The molecule has 0 saturated carbocycles. The minimum absolute atomic E-state index is 0.499. The Balaban J connectivity index is 2.10. The van der Waals surface area contributed by atoms with Crippen LogP contribution in [-0.2, 0) is 6.61 Å². The van der Waals surface area contributed by atoms with E-state index in [9.17, 15) is 0 Å². The predicted molar refractivity (Wildman–Crippen MR) is 79.7 cm³/mol. The van der Waals surface area contributed by atoms with E-state index in [2.05, 4.69) is 22.6 Å². The van der Waals surface area contributed by atoms with Crippen LogP contribution in [0.2, 0.25) is 5.02 Å². The van der Waals surface area contributed by atoms with Gasteiger partial charge in [-0.15, -0.1) is 0 Å². The van der Waals surface area contributed by atoms with Crippen LogP contribution in [0, 0.1) is 10.5 Å². The number of hydrogen-bond acceptors (Lipinski definition) is 1. The van der Waals surface area contributed by atoms with Crippen LogP contribution >= 0.6 is 34.2 Å². The Hall–Kier alpha value is -0.740. The van der Waals surface area contributed by atoms with E-state index in [1.54, 1.807) is 0 Å². The van der Waals surface area contributed by atoms with E-state index in [1.165, 1.54) is 0 Å². The van der Waals surface area contributed by atoms with Crippen LogP contribution in [0.5, 0.6) is 5.75 Å². The molecule has 3 heteroatoms. The fourth-order valence-electron chi connectivity index (χ4n) is 1.49. The summed E-state index contributed by atoms with van der Waals surface area (Å²) in [5.41, 5.74) is 2.17. The summed E-state index contributed by atoms with van der Waals surface area (Å²) in [4.78, 5) is 0. The zero-order chi connectivity index (χ0) is 12.3. The molecule has 0 heterocycles. The molecule has 0 unspecified atom stereocenters. The topological polar surface area (TPSA) is 9.23 Å². The monoisotopic (exact) mass is 358 g/mol. The molecule has 17 heavy (non-hydrogen) atoms. The van der Waals surface area contributed by atoms with Crippen molar-refractivity contribution in [3.8, 4) is 5.75 Å². The number of para-hydroxylation sites is 1. The van der Waals surface area contributed by atoms with Crippen molar-refractivity contribution in [1.82, 2.24) is 0 Å². The van der Waals surface area contributed by atoms with Gasteiger partial charge in [-0.2, -0.15) is 0 Å². The Kier molecular flexibility index (Phi) is 4.29. The summed E-state index contributed by atoms with van der Waals surface area (Å²) in [5, 5.41) is 0.760. The van der Waals surface area contributed by atoms with Gasteiger partial charge in [0.15, 0.2) is 0 Å². The van der Waals surface area contributed by atoms with Gasteiger partial charge in [-0.05, 0) is 53.3 Å². The molecule has 0 aliphatic heterocycles. The molecule has 1 nitrogen and oxygen atoms in total. The van der Waals surface area contributed by atoms with Crippen LogP contribution in [0.3, 0.4) is 0 Å². The zero-order valence-corrected chi connectivity index (χ0v) is 12.3. The van der Waals surface area contributed by atoms with Crippen molar-refractivity contribution in [3.63, 3.8) is 0 Å². The fraction of sp³-hybridized carbons (Fsp3) is 0.143.